The molecule has 3 unspecified atom stereocenters. The van der Waals surface area contributed by atoms with E-state index in [2.05, 4.69) is 19.2 Å². The van der Waals surface area contributed by atoms with Gasteiger partial charge in [0.1, 0.15) is 11.6 Å². The summed E-state index contributed by atoms with van der Waals surface area (Å²) in [6.07, 6.45) is 2.26. The normalized spacial score (nSPS) is 25.8. The zero-order valence-corrected chi connectivity index (χ0v) is 11.1. The Morgan fingerprint density at radius 2 is 2.16 bits per heavy atom. The highest BCUT2D eigenvalue weighted by Gasteiger charge is 2.29. The molecule has 5 nitrogen and oxygen atoms in total. The second kappa shape index (κ2) is 5.27. The molecule has 1 aliphatic rings. The van der Waals surface area contributed by atoms with Gasteiger partial charge in [-0.1, -0.05) is 13.8 Å². The van der Waals surface area contributed by atoms with Gasteiger partial charge < -0.3 is 5.32 Å². The molecule has 0 aliphatic heterocycles. The van der Waals surface area contributed by atoms with Gasteiger partial charge in [0.15, 0.2) is 0 Å². The number of nitrogens with zero attached hydrogens (tertiary/aromatic N) is 2. The van der Waals surface area contributed by atoms with Gasteiger partial charge in [0.2, 0.25) is 0 Å². The van der Waals surface area contributed by atoms with Crippen LogP contribution in [0, 0.1) is 33.3 Å². The SMILES string of the molecule is CC1CCC(Nc2ccc(C#N)c([N+](=O)[O-])c2)C1C. The third-order valence-electron chi connectivity index (χ3n) is 4.13. The maximum Gasteiger partial charge on any atom is 0.289 e. The van der Waals surface area contributed by atoms with Crippen molar-refractivity contribution in [3.63, 3.8) is 0 Å². The van der Waals surface area contributed by atoms with Crippen molar-refractivity contribution in [2.75, 3.05) is 5.32 Å². The summed E-state index contributed by atoms with van der Waals surface area (Å²) < 4.78 is 0. The lowest BCUT2D eigenvalue weighted by Crippen LogP contribution is -2.24. The van der Waals surface area contributed by atoms with Crippen LogP contribution in [0.3, 0.4) is 0 Å². The predicted molar refractivity (Wildman–Crippen MR) is 72.8 cm³/mol. The summed E-state index contributed by atoms with van der Waals surface area (Å²) >= 11 is 0. The quantitative estimate of drug-likeness (QED) is 0.667. The van der Waals surface area contributed by atoms with Gasteiger partial charge in [0.25, 0.3) is 5.69 Å². The molecular weight excluding hydrogens is 242 g/mol. The first-order chi connectivity index (χ1) is 9.02. The highest BCUT2D eigenvalue weighted by Crippen LogP contribution is 2.34. The van der Waals surface area contributed by atoms with Gasteiger partial charge in [-0.3, -0.25) is 10.1 Å². The summed E-state index contributed by atoms with van der Waals surface area (Å²) in [5.41, 5.74) is 0.686. The van der Waals surface area contributed by atoms with Gasteiger partial charge in [-0.2, -0.15) is 5.26 Å². The molecule has 1 fully saturated rings. The number of hydrogen-bond donors (Lipinski definition) is 1. The highest BCUT2D eigenvalue weighted by molar-refractivity contribution is 5.59. The van der Waals surface area contributed by atoms with Crippen LogP contribution in [-0.2, 0) is 0 Å². The van der Waals surface area contributed by atoms with E-state index in [9.17, 15) is 10.1 Å². The zero-order valence-electron chi connectivity index (χ0n) is 11.1. The van der Waals surface area contributed by atoms with Crippen LogP contribution in [0.25, 0.3) is 0 Å². The number of anilines is 1. The third-order valence-corrected chi connectivity index (χ3v) is 4.13. The summed E-state index contributed by atoms with van der Waals surface area (Å²) in [6.45, 7) is 4.43. The monoisotopic (exact) mass is 259 g/mol. The number of nitro groups is 1. The topological polar surface area (TPSA) is 79.0 Å². The summed E-state index contributed by atoms with van der Waals surface area (Å²) in [5, 5.41) is 23.1. The van der Waals surface area contributed by atoms with E-state index in [0.717, 1.165) is 12.1 Å². The number of nitriles is 1. The van der Waals surface area contributed by atoms with Gasteiger partial charge >= 0.3 is 0 Å². The van der Waals surface area contributed by atoms with Crippen LogP contribution in [0.2, 0.25) is 0 Å². The number of hydrogen-bond acceptors (Lipinski definition) is 4. The molecule has 0 saturated heterocycles. The van der Waals surface area contributed by atoms with E-state index in [1.165, 1.54) is 18.6 Å². The first kappa shape index (κ1) is 13.3. The summed E-state index contributed by atoms with van der Waals surface area (Å²) in [4.78, 5) is 10.4. The minimum absolute atomic E-state index is 0.100. The van der Waals surface area contributed by atoms with Gasteiger partial charge in [-0.15, -0.1) is 0 Å². The standard InChI is InChI=1S/C14H17N3O2/c1-9-3-6-13(10(9)2)16-12-5-4-11(8-15)14(7-12)17(18)19/h4-5,7,9-10,13,16H,3,6H2,1-2H3. The van der Waals surface area contributed by atoms with Gasteiger partial charge in [0.05, 0.1) is 4.92 Å². The van der Waals surface area contributed by atoms with E-state index in [1.807, 2.05) is 6.07 Å². The molecule has 1 aromatic carbocycles. The molecule has 3 atom stereocenters. The molecule has 0 spiro atoms. The number of nitrogens with one attached hydrogen (secondary N) is 1. The Bertz CT molecular complexity index is 536. The minimum atomic E-state index is -0.509. The second-order valence-corrected chi connectivity index (χ2v) is 5.27. The maximum atomic E-state index is 10.9. The summed E-state index contributed by atoms with van der Waals surface area (Å²) in [7, 11) is 0. The summed E-state index contributed by atoms with van der Waals surface area (Å²) in [6, 6.07) is 6.89. The molecule has 5 heteroatoms. The van der Waals surface area contributed by atoms with E-state index in [0.29, 0.717) is 17.9 Å². The lowest BCUT2D eigenvalue weighted by Gasteiger charge is -2.20. The Morgan fingerprint density at radius 3 is 2.68 bits per heavy atom. The zero-order chi connectivity index (χ0) is 14.0. The molecule has 1 saturated carbocycles. The first-order valence-electron chi connectivity index (χ1n) is 6.48. The molecule has 0 aromatic heterocycles. The molecule has 100 valence electrons. The van der Waals surface area contributed by atoms with Crippen LogP contribution in [0.15, 0.2) is 18.2 Å². The van der Waals surface area contributed by atoms with Crippen molar-refractivity contribution >= 4 is 11.4 Å². The molecule has 19 heavy (non-hydrogen) atoms. The van der Waals surface area contributed by atoms with E-state index in [4.69, 9.17) is 5.26 Å². The van der Waals surface area contributed by atoms with Crippen molar-refractivity contribution in [3.05, 3.63) is 33.9 Å². The van der Waals surface area contributed by atoms with Crippen molar-refractivity contribution in [3.8, 4) is 6.07 Å². The number of rotatable bonds is 3. The molecule has 0 bridgehead atoms. The maximum absolute atomic E-state index is 10.9. The van der Waals surface area contributed by atoms with Crippen LogP contribution in [-0.4, -0.2) is 11.0 Å². The van der Waals surface area contributed by atoms with E-state index in [1.54, 1.807) is 6.07 Å². The Morgan fingerprint density at radius 1 is 1.42 bits per heavy atom. The predicted octanol–water partition coefficient (Wildman–Crippen LogP) is 3.31. The Balaban J connectivity index is 2.20. The largest absolute Gasteiger partial charge is 0.382 e. The molecule has 0 radical (unpaired) electrons. The fourth-order valence-electron chi connectivity index (χ4n) is 2.65. The fraction of sp³-hybridized carbons (Fsp3) is 0.500. The van der Waals surface area contributed by atoms with Gasteiger partial charge in [-0.25, -0.2) is 0 Å². The molecule has 1 aliphatic carbocycles. The molecular formula is C14H17N3O2. The molecule has 0 amide bonds. The van der Waals surface area contributed by atoms with Gasteiger partial charge in [0, 0.05) is 17.8 Å². The van der Waals surface area contributed by atoms with Crippen LogP contribution in [0.4, 0.5) is 11.4 Å². The lowest BCUT2D eigenvalue weighted by molar-refractivity contribution is -0.385. The van der Waals surface area contributed by atoms with E-state index in [-0.39, 0.29) is 11.3 Å². The Labute approximate surface area is 112 Å². The van der Waals surface area contributed by atoms with E-state index >= 15 is 0 Å². The molecule has 0 heterocycles. The lowest BCUT2D eigenvalue weighted by atomic mass is 9.97. The first-order valence-corrected chi connectivity index (χ1v) is 6.48. The van der Waals surface area contributed by atoms with Crippen molar-refractivity contribution in [1.82, 2.24) is 0 Å². The second-order valence-electron chi connectivity index (χ2n) is 5.27. The number of benzene rings is 1. The molecule has 1 N–H and O–H groups in total. The Hall–Kier alpha value is -2.09. The molecule has 1 aromatic rings. The van der Waals surface area contributed by atoms with Crippen molar-refractivity contribution in [1.29, 1.82) is 5.26 Å². The minimum Gasteiger partial charge on any atom is -0.382 e. The van der Waals surface area contributed by atoms with Crippen LogP contribution in [0.1, 0.15) is 32.3 Å². The van der Waals surface area contributed by atoms with Crippen LogP contribution < -0.4 is 5.32 Å². The third kappa shape index (κ3) is 2.68. The van der Waals surface area contributed by atoms with Crippen molar-refractivity contribution in [2.45, 2.75) is 32.7 Å². The Kier molecular flexibility index (Phi) is 3.70. The average molecular weight is 259 g/mol. The fourth-order valence-corrected chi connectivity index (χ4v) is 2.65. The van der Waals surface area contributed by atoms with Crippen molar-refractivity contribution in [2.24, 2.45) is 11.8 Å². The van der Waals surface area contributed by atoms with Crippen molar-refractivity contribution < 1.29 is 4.92 Å². The highest BCUT2D eigenvalue weighted by atomic mass is 16.6. The van der Waals surface area contributed by atoms with Crippen LogP contribution >= 0.6 is 0 Å². The van der Waals surface area contributed by atoms with Crippen LogP contribution in [0.5, 0.6) is 0 Å². The smallest absolute Gasteiger partial charge is 0.289 e. The van der Waals surface area contributed by atoms with Gasteiger partial charge in [-0.05, 0) is 36.8 Å². The molecule has 2 rings (SSSR count). The van der Waals surface area contributed by atoms with E-state index < -0.39 is 4.92 Å². The summed E-state index contributed by atoms with van der Waals surface area (Å²) in [5.74, 6) is 1.22. The average Bonchev–Trinajstić information content (AvgIpc) is 2.70. The number of nitro benzene ring substituents is 1.